The Balaban J connectivity index is 0. The molecule has 0 saturated carbocycles. The molecule has 6 heteroatoms. The summed E-state index contributed by atoms with van der Waals surface area (Å²) in [6, 6.07) is 0. The van der Waals surface area contributed by atoms with Crippen molar-refractivity contribution < 1.29 is 17.7 Å². The fourth-order valence-corrected chi connectivity index (χ4v) is 0.676. The molecule has 0 aromatic heterocycles. The van der Waals surface area contributed by atoms with E-state index in [2.05, 4.69) is 0 Å². The molecule has 0 saturated heterocycles. The number of ether oxygens (including phenoxy) is 1. The smallest absolute Gasteiger partial charge is 0.100 e. The normalized spacial score (nSPS) is 9.92. The Morgan fingerprint density at radius 1 is 1.50 bits per heavy atom. The van der Waals surface area contributed by atoms with Gasteiger partial charge in [-0.3, -0.25) is 0 Å². The third-order valence-corrected chi connectivity index (χ3v) is 1.44. The molecule has 0 spiro atoms. The minimum atomic E-state index is -4.13. The first-order valence-electron chi connectivity index (χ1n) is 3.10. The van der Waals surface area contributed by atoms with E-state index in [1.165, 1.54) is 6.26 Å². The molecule has 0 amide bonds. The second-order valence-electron chi connectivity index (χ2n) is 2.33. The lowest BCUT2D eigenvalue weighted by molar-refractivity contribution is 0.264. The van der Waals surface area contributed by atoms with Crippen LogP contribution in [0.3, 0.4) is 0 Å². The summed E-state index contributed by atoms with van der Waals surface area (Å²) in [6.45, 7) is 3.55. The van der Waals surface area contributed by atoms with Gasteiger partial charge in [-0.1, -0.05) is 0 Å². The number of allylic oxidation sites excluding steroid dienone is 1. The van der Waals surface area contributed by atoms with Gasteiger partial charge in [-0.2, -0.15) is 0 Å². The molecular formula is C6H15NO4S. The van der Waals surface area contributed by atoms with Crippen molar-refractivity contribution in [3.63, 3.8) is 0 Å². The van der Waals surface area contributed by atoms with Gasteiger partial charge in [0.15, 0.2) is 0 Å². The van der Waals surface area contributed by atoms with Crippen LogP contribution >= 0.6 is 0 Å². The number of quaternary nitrogens is 1. The van der Waals surface area contributed by atoms with Crippen LogP contribution in [0.4, 0.5) is 0 Å². The van der Waals surface area contributed by atoms with E-state index in [9.17, 15) is 13.0 Å². The molecule has 0 bridgehead atoms. The second kappa shape index (κ2) is 5.99. The van der Waals surface area contributed by atoms with Crippen LogP contribution in [-0.4, -0.2) is 25.3 Å². The Hall–Kier alpha value is -0.590. The van der Waals surface area contributed by atoms with E-state index >= 15 is 0 Å². The van der Waals surface area contributed by atoms with Crippen molar-refractivity contribution >= 4 is 10.1 Å². The van der Waals surface area contributed by atoms with Gasteiger partial charge in [0.2, 0.25) is 0 Å². The van der Waals surface area contributed by atoms with E-state index in [1.54, 1.807) is 0 Å². The molecule has 74 valence electrons. The minimum Gasteiger partial charge on any atom is -0.748 e. The number of rotatable bonds is 4. The molecular weight excluding hydrogens is 182 g/mol. The molecule has 0 heterocycles. The van der Waals surface area contributed by atoms with Crippen molar-refractivity contribution in [3.05, 3.63) is 11.8 Å². The molecule has 4 N–H and O–H groups in total. The second-order valence-corrected chi connectivity index (χ2v) is 3.85. The highest BCUT2D eigenvalue weighted by Crippen LogP contribution is 1.90. The molecule has 0 fully saturated rings. The molecule has 0 atom stereocenters. The highest BCUT2D eigenvalue weighted by molar-refractivity contribution is 7.85. The van der Waals surface area contributed by atoms with E-state index in [-0.39, 0.29) is 12.8 Å². The molecule has 0 aromatic carbocycles. The average Bonchev–Trinajstić information content (AvgIpc) is 1.78. The highest BCUT2D eigenvalue weighted by atomic mass is 32.2. The summed E-state index contributed by atoms with van der Waals surface area (Å²) < 4.78 is 34.8. The first kappa shape index (κ1) is 14.0. The zero-order chi connectivity index (χ0) is 8.91. The topological polar surface area (TPSA) is 103 Å². The van der Waals surface area contributed by atoms with Crippen molar-refractivity contribution in [1.29, 1.82) is 0 Å². The van der Waals surface area contributed by atoms with E-state index in [0.29, 0.717) is 0 Å². The SMILES string of the molecule is CC(C)=COCCS(=O)(=O)[O-].[NH4+]. The molecule has 0 aromatic rings. The summed E-state index contributed by atoms with van der Waals surface area (Å²) in [4.78, 5) is 0. The zero-order valence-electron chi connectivity index (χ0n) is 7.53. The van der Waals surface area contributed by atoms with Crippen LogP contribution in [0.25, 0.3) is 0 Å². The van der Waals surface area contributed by atoms with E-state index < -0.39 is 15.9 Å². The Labute approximate surface area is 72.8 Å². The molecule has 0 unspecified atom stereocenters. The lowest BCUT2D eigenvalue weighted by Gasteiger charge is -2.05. The van der Waals surface area contributed by atoms with Gasteiger partial charge in [-0.05, 0) is 19.4 Å². The van der Waals surface area contributed by atoms with Crippen LogP contribution in [0.2, 0.25) is 0 Å². The maximum absolute atomic E-state index is 10.0. The maximum atomic E-state index is 10.0. The standard InChI is InChI=1S/C6H12O4S.H3N/c1-6(2)5-10-3-4-11(7,8)9;/h5H,3-4H2,1-2H3,(H,7,8,9);1H3. The molecule has 0 rings (SSSR count). The molecule has 12 heavy (non-hydrogen) atoms. The molecule has 5 nitrogen and oxygen atoms in total. The van der Waals surface area contributed by atoms with Gasteiger partial charge >= 0.3 is 0 Å². The van der Waals surface area contributed by atoms with E-state index in [4.69, 9.17) is 4.74 Å². The largest absolute Gasteiger partial charge is 0.748 e. The van der Waals surface area contributed by atoms with Crippen LogP contribution in [0.5, 0.6) is 0 Å². The van der Waals surface area contributed by atoms with Crippen LogP contribution in [0.15, 0.2) is 11.8 Å². The Morgan fingerprint density at radius 2 is 2.00 bits per heavy atom. The molecule has 0 aliphatic rings. The van der Waals surface area contributed by atoms with Crippen LogP contribution in [0.1, 0.15) is 13.8 Å². The number of hydrogen-bond acceptors (Lipinski definition) is 4. The average molecular weight is 197 g/mol. The van der Waals surface area contributed by atoms with Crippen molar-refractivity contribution in [3.8, 4) is 0 Å². The summed E-state index contributed by atoms with van der Waals surface area (Å²) in [5.74, 6) is -0.475. The summed E-state index contributed by atoms with van der Waals surface area (Å²) in [5.41, 5.74) is 0.924. The van der Waals surface area contributed by atoms with Gasteiger partial charge in [0.25, 0.3) is 0 Å². The zero-order valence-corrected chi connectivity index (χ0v) is 8.35. The van der Waals surface area contributed by atoms with Gasteiger partial charge in [-0.15, -0.1) is 0 Å². The number of hydrogen-bond donors (Lipinski definition) is 1. The van der Waals surface area contributed by atoms with Crippen molar-refractivity contribution in [1.82, 2.24) is 6.15 Å². The van der Waals surface area contributed by atoms with Gasteiger partial charge in [-0.25, -0.2) is 8.42 Å². The first-order valence-corrected chi connectivity index (χ1v) is 4.68. The lowest BCUT2D eigenvalue weighted by Crippen LogP contribution is -2.09. The fourth-order valence-electron chi connectivity index (χ4n) is 0.376. The molecule has 0 aliphatic heterocycles. The monoisotopic (exact) mass is 197 g/mol. The van der Waals surface area contributed by atoms with Gasteiger partial charge in [0.1, 0.15) is 6.61 Å². The van der Waals surface area contributed by atoms with Crippen LogP contribution < -0.4 is 6.15 Å². The molecule has 0 aliphatic carbocycles. The van der Waals surface area contributed by atoms with Crippen molar-refractivity contribution in [2.24, 2.45) is 0 Å². The van der Waals surface area contributed by atoms with Gasteiger partial charge in [0, 0.05) is 0 Å². The summed E-state index contributed by atoms with van der Waals surface area (Å²) in [6.07, 6.45) is 1.42. The Kier molecular flexibility index (Phi) is 6.96. The maximum Gasteiger partial charge on any atom is 0.100 e. The quantitative estimate of drug-likeness (QED) is 0.410. The minimum absolute atomic E-state index is 0. The predicted molar refractivity (Wildman–Crippen MR) is 45.9 cm³/mol. The Bertz CT molecular complexity index is 228. The summed E-state index contributed by atoms with van der Waals surface area (Å²) in [5, 5.41) is 0. The Morgan fingerprint density at radius 3 is 2.33 bits per heavy atom. The predicted octanol–water partition coefficient (Wildman–Crippen LogP) is 0.848. The first-order chi connectivity index (χ1) is 4.92. The van der Waals surface area contributed by atoms with Crippen LogP contribution in [-0.2, 0) is 14.9 Å². The van der Waals surface area contributed by atoms with Crippen molar-refractivity contribution in [2.75, 3.05) is 12.4 Å². The molecule has 0 radical (unpaired) electrons. The lowest BCUT2D eigenvalue weighted by atomic mass is 10.4. The third-order valence-electron chi connectivity index (χ3n) is 0.770. The van der Waals surface area contributed by atoms with Crippen LogP contribution in [0, 0.1) is 0 Å². The van der Waals surface area contributed by atoms with E-state index in [0.717, 1.165) is 5.57 Å². The fraction of sp³-hybridized carbons (Fsp3) is 0.667. The highest BCUT2D eigenvalue weighted by Gasteiger charge is 1.92. The van der Waals surface area contributed by atoms with Gasteiger partial charge in [0.05, 0.1) is 22.1 Å². The van der Waals surface area contributed by atoms with Crippen molar-refractivity contribution in [2.45, 2.75) is 13.8 Å². The summed E-state index contributed by atoms with van der Waals surface area (Å²) >= 11 is 0. The summed E-state index contributed by atoms with van der Waals surface area (Å²) in [7, 11) is -4.13. The van der Waals surface area contributed by atoms with Gasteiger partial charge < -0.3 is 15.4 Å². The third kappa shape index (κ3) is 12.1. The van der Waals surface area contributed by atoms with E-state index in [1.807, 2.05) is 13.8 Å².